The van der Waals surface area contributed by atoms with Crippen molar-refractivity contribution in [2.75, 3.05) is 6.61 Å². The summed E-state index contributed by atoms with van der Waals surface area (Å²) in [5.41, 5.74) is 3.23. The maximum absolute atomic E-state index is 12.3. The third kappa shape index (κ3) is 4.80. The Labute approximate surface area is 196 Å². The molecule has 5 rings (SSSR count). The largest absolute Gasteiger partial charge is 0.491 e. The third-order valence-corrected chi connectivity index (χ3v) is 5.35. The Morgan fingerprint density at radius 1 is 0.971 bits per heavy atom. The van der Waals surface area contributed by atoms with Crippen molar-refractivity contribution < 1.29 is 9.47 Å². The highest BCUT2D eigenvalue weighted by Crippen LogP contribution is 2.27. The summed E-state index contributed by atoms with van der Waals surface area (Å²) < 4.78 is 15.0. The number of benzene rings is 2. The topological polar surface area (TPSA) is 84.1 Å². The summed E-state index contributed by atoms with van der Waals surface area (Å²) in [6, 6.07) is 20.8. The van der Waals surface area contributed by atoms with E-state index in [0.29, 0.717) is 24.6 Å². The molecule has 0 radical (unpaired) electrons. The molecule has 0 fully saturated rings. The average molecular weight is 454 g/mol. The van der Waals surface area contributed by atoms with E-state index in [1.54, 1.807) is 23.1 Å². The first-order valence-electron chi connectivity index (χ1n) is 10.9. The Kier molecular flexibility index (Phi) is 6.03. The van der Waals surface area contributed by atoms with Gasteiger partial charge in [-0.15, -0.1) is 0 Å². The van der Waals surface area contributed by atoms with Crippen LogP contribution in [0, 0.1) is 0 Å². The SMILES string of the molecule is Cn1cc(-c2ccc(=O)n(CCOc3ccnc4cc(OCc5ccccc5)ccc34)n2)cn1. The van der Waals surface area contributed by atoms with Gasteiger partial charge in [0.05, 0.1) is 24.0 Å². The quantitative estimate of drug-likeness (QED) is 0.355. The number of ether oxygens (including phenoxy) is 2. The van der Waals surface area contributed by atoms with Crippen molar-refractivity contribution in [1.82, 2.24) is 24.5 Å². The van der Waals surface area contributed by atoms with Crippen LogP contribution in [-0.4, -0.2) is 31.2 Å². The average Bonchev–Trinajstić information content (AvgIpc) is 3.30. The van der Waals surface area contributed by atoms with E-state index in [-0.39, 0.29) is 12.2 Å². The van der Waals surface area contributed by atoms with Crippen LogP contribution in [0.2, 0.25) is 0 Å². The van der Waals surface area contributed by atoms with Crippen LogP contribution in [0.3, 0.4) is 0 Å². The first-order chi connectivity index (χ1) is 16.7. The smallest absolute Gasteiger partial charge is 0.266 e. The van der Waals surface area contributed by atoms with E-state index in [0.717, 1.165) is 27.8 Å². The molecule has 8 nitrogen and oxygen atoms in total. The first kappa shape index (κ1) is 21.4. The van der Waals surface area contributed by atoms with Crippen LogP contribution in [0.4, 0.5) is 0 Å². The molecule has 3 heterocycles. The van der Waals surface area contributed by atoms with Gasteiger partial charge >= 0.3 is 0 Å². The Balaban J connectivity index is 1.27. The molecular formula is C26H23N5O3. The molecule has 8 heteroatoms. The van der Waals surface area contributed by atoms with E-state index in [9.17, 15) is 4.79 Å². The Hall–Kier alpha value is -4.46. The van der Waals surface area contributed by atoms with Crippen LogP contribution in [-0.2, 0) is 20.2 Å². The minimum absolute atomic E-state index is 0.184. The molecule has 0 aliphatic carbocycles. The van der Waals surface area contributed by atoms with Crippen LogP contribution < -0.4 is 15.0 Å². The van der Waals surface area contributed by atoms with Crippen molar-refractivity contribution in [2.24, 2.45) is 7.05 Å². The lowest BCUT2D eigenvalue weighted by Crippen LogP contribution is -2.25. The number of nitrogens with zero attached hydrogens (tertiary/aromatic N) is 5. The van der Waals surface area contributed by atoms with E-state index in [1.165, 1.54) is 10.7 Å². The van der Waals surface area contributed by atoms with Gasteiger partial charge in [0.1, 0.15) is 24.7 Å². The molecule has 0 saturated heterocycles. The molecule has 0 aliphatic heterocycles. The maximum Gasteiger partial charge on any atom is 0.266 e. The van der Waals surface area contributed by atoms with Gasteiger partial charge in [-0.25, -0.2) is 4.68 Å². The number of aryl methyl sites for hydroxylation is 1. The molecule has 3 aromatic heterocycles. The number of fused-ring (bicyclic) bond motifs is 1. The molecule has 170 valence electrons. The van der Waals surface area contributed by atoms with Crippen molar-refractivity contribution in [1.29, 1.82) is 0 Å². The molecule has 0 bridgehead atoms. The molecule has 0 unspecified atom stereocenters. The van der Waals surface area contributed by atoms with E-state index < -0.39 is 0 Å². The minimum atomic E-state index is -0.184. The van der Waals surface area contributed by atoms with Gasteiger partial charge in [0, 0.05) is 42.5 Å². The van der Waals surface area contributed by atoms with Gasteiger partial charge in [0.2, 0.25) is 0 Å². The van der Waals surface area contributed by atoms with E-state index >= 15 is 0 Å². The predicted molar refractivity (Wildman–Crippen MR) is 129 cm³/mol. The van der Waals surface area contributed by atoms with Crippen molar-refractivity contribution >= 4 is 10.9 Å². The molecular weight excluding hydrogens is 430 g/mol. The van der Waals surface area contributed by atoms with Gasteiger partial charge in [0.15, 0.2) is 0 Å². The van der Waals surface area contributed by atoms with E-state index in [2.05, 4.69) is 15.2 Å². The molecule has 0 amide bonds. The molecule has 0 atom stereocenters. The van der Waals surface area contributed by atoms with Crippen LogP contribution in [0.15, 0.2) is 90.1 Å². The van der Waals surface area contributed by atoms with Crippen LogP contribution >= 0.6 is 0 Å². The van der Waals surface area contributed by atoms with Crippen LogP contribution in [0.25, 0.3) is 22.2 Å². The standard InChI is InChI=1S/C26H23N5O3/c1-30-17-20(16-28-30)23-9-10-26(32)31(29-23)13-14-33-25-11-12-27-24-15-21(7-8-22(24)25)34-18-19-5-3-2-4-6-19/h2-12,15-17H,13-14,18H2,1H3. The summed E-state index contributed by atoms with van der Waals surface area (Å²) in [7, 11) is 1.84. The molecule has 5 aromatic rings. The fraction of sp³-hybridized carbons (Fsp3) is 0.154. The Morgan fingerprint density at radius 2 is 1.85 bits per heavy atom. The van der Waals surface area contributed by atoms with Gasteiger partial charge in [-0.3, -0.25) is 14.5 Å². The third-order valence-electron chi connectivity index (χ3n) is 5.35. The Morgan fingerprint density at radius 3 is 2.68 bits per heavy atom. The zero-order valence-electron chi connectivity index (χ0n) is 18.7. The van der Waals surface area contributed by atoms with Crippen molar-refractivity contribution in [3.05, 3.63) is 101 Å². The maximum atomic E-state index is 12.3. The van der Waals surface area contributed by atoms with E-state index in [1.807, 2.05) is 67.8 Å². The highest BCUT2D eigenvalue weighted by atomic mass is 16.5. The molecule has 2 aromatic carbocycles. The van der Waals surface area contributed by atoms with Gasteiger partial charge in [-0.1, -0.05) is 30.3 Å². The number of hydrogen-bond donors (Lipinski definition) is 0. The van der Waals surface area contributed by atoms with Crippen LogP contribution in [0.5, 0.6) is 11.5 Å². The summed E-state index contributed by atoms with van der Waals surface area (Å²) in [5, 5.41) is 9.48. The first-order valence-corrected chi connectivity index (χ1v) is 10.9. The number of aromatic nitrogens is 5. The summed E-state index contributed by atoms with van der Waals surface area (Å²) in [5.74, 6) is 1.43. The van der Waals surface area contributed by atoms with Gasteiger partial charge in [0.25, 0.3) is 5.56 Å². The van der Waals surface area contributed by atoms with Gasteiger partial charge in [-0.05, 0) is 29.8 Å². The monoisotopic (exact) mass is 453 g/mol. The predicted octanol–water partition coefficient (Wildman–Crippen LogP) is 3.85. The number of pyridine rings is 1. The summed E-state index contributed by atoms with van der Waals surface area (Å²) in [4.78, 5) is 16.7. The van der Waals surface area contributed by atoms with Gasteiger partial charge in [-0.2, -0.15) is 10.2 Å². The molecule has 0 spiro atoms. The van der Waals surface area contributed by atoms with Crippen molar-refractivity contribution in [3.8, 4) is 22.8 Å². The fourth-order valence-electron chi connectivity index (χ4n) is 3.62. The fourth-order valence-corrected chi connectivity index (χ4v) is 3.62. The van der Waals surface area contributed by atoms with E-state index in [4.69, 9.17) is 9.47 Å². The lowest BCUT2D eigenvalue weighted by molar-refractivity contribution is 0.291. The zero-order chi connectivity index (χ0) is 23.3. The van der Waals surface area contributed by atoms with Crippen LogP contribution in [0.1, 0.15) is 5.56 Å². The lowest BCUT2D eigenvalue weighted by atomic mass is 10.2. The second kappa shape index (κ2) is 9.58. The van der Waals surface area contributed by atoms with Crippen molar-refractivity contribution in [3.63, 3.8) is 0 Å². The summed E-state index contributed by atoms with van der Waals surface area (Å²) in [6.07, 6.45) is 5.27. The Bertz CT molecular complexity index is 1480. The van der Waals surface area contributed by atoms with Gasteiger partial charge < -0.3 is 9.47 Å². The zero-order valence-corrected chi connectivity index (χ0v) is 18.7. The minimum Gasteiger partial charge on any atom is -0.491 e. The second-order valence-electron chi connectivity index (χ2n) is 7.79. The molecule has 34 heavy (non-hydrogen) atoms. The second-order valence-corrected chi connectivity index (χ2v) is 7.79. The summed E-state index contributed by atoms with van der Waals surface area (Å²) >= 11 is 0. The highest BCUT2D eigenvalue weighted by molar-refractivity contribution is 5.85. The number of hydrogen-bond acceptors (Lipinski definition) is 6. The molecule has 0 aliphatic rings. The van der Waals surface area contributed by atoms with Crippen molar-refractivity contribution in [2.45, 2.75) is 13.2 Å². The molecule has 0 N–H and O–H groups in total. The lowest BCUT2D eigenvalue weighted by Gasteiger charge is -2.11. The normalized spacial score (nSPS) is 11.0. The summed E-state index contributed by atoms with van der Waals surface area (Å²) in [6.45, 7) is 1.09. The highest BCUT2D eigenvalue weighted by Gasteiger charge is 2.08. The number of rotatable bonds is 8. The molecule has 0 saturated carbocycles.